The van der Waals surface area contributed by atoms with E-state index in [4.69, 9.17) is 9.47 Å². The Bertz CT molecular complexity index is 3470. The van der Waals surface area contributed by atoms with Crippen molar-refractivity contribution in [3.05, 3.63) is 130 Å². The van der Waals surface area contributed by atoms with E-state index in [9.17, 15) is 38.5 Å². The second-order valence-corrected chi connectivity index (χ2v) is 23.3. The topological polar surface area (TPSA) is 263 Å². The van der Waals surface area contributed by atoms with E-state index in [1.807, 2.05) is 0 Å². The van der Waals surface area contributed by atoms with Crippen LogP contribution in [-0.2, 0) is 52.2 Å². The van der Waals surface area contributed by atoms with E-state index >= 15 is 0 Å². The molecule has 7 rings (SSSR count). The van der Waals surface area contributed by atoms with E-state index in [1.165, 1.54) is 60.7 Å². The van der Waals surface area contributed by atoms with Crippen LogP contribution in [0.25, 0.3) is 21.5 Å². The molecule has 7 aromatic rings. The van der Waals surface area contributed by atoms with Crippen molar-refractivity contribution in [3.63, 3.8) is 0 Å². The van der Waals surface area contributed by atoms with Crippen LogP contribution in [0, 0.1) is 0 Å². The molecule has 0 aliphatic carbocycles. The van der Waals surface area contributed by atoms with E-state index in [-0.39, 0.29) is 90.2 Å². The maximum absolute atomic E-state index is 12.9. The zero-order chi connectivity index (χ0) is 48.5. The minimum Gasteiger partial charge on any atom is -0.494 e. The molecule has 1 aromatic heterocycles. The fourth-order valence-corrected chi connectivity index (χ4v) is 10.9. The van der Waals surface area contributed by atoms with E-state index in [0.29, 0.717) is 34.0 Å². The highest BCUT2D eigenvalue weighted by molar-refractivity contribution is 7.92. The zero-order valence-corrected chi connectivity index (χ0v) is 40.1. The number of benzene rings is 6. The highest BCUT2D eigenvalue weighted by Gasteiger charge is 2.21. The predicted octanol–water partition coefficient (Wildman–Crippen LogP) is 7.90. The first-order valence-electron chi connectivity index (χ1n) is 20.3. The van der Waals surface area contributed by atoms with Gasteiger partial charge in [0, 0.05) is 82.7 Å². The van der Waals surface area contributed by atoms with E-state index in [0.717, 1.165) is 25.0 Å². The van der Waals surface area contributed by atoms with Gasteiger partial charge in [0.2, 0.25) is 0 Å². The summed E-state index contributed by atoms with van der Waals surface area (Å²) < 4.78 is 113. The van der Waals surface area contributed by atoms with Crippen molar-refractivity contribution in [2.75, 3.05) is 38.2 Å². The molecule has 0 unspecified atom stereocenters. The normalized spacial score (nSPS) is 12.7. The molecule has 0 atom stereocenters. The van der Waals surface area contributed by atoms with Crippen LogP contribution < -0.4 is 15.2 Å². The van der Waals surface area contributed by atoms with Gasteiger partial charge in [0.15, 0.2) is 39.3 Å². The quantitative estimate of drug-likeness (QED) is 0.0904. The standard InChI is InChI=1S/C45H43N7O11S4/c1-7-62-37-23-29(49-51-31-21-35-33(41(25-31)66(5,58)59)11-9-13-39(35)64(3,54)55)17-15-27(37)19-43-46-44(48-45(53)47-43)20-28-16-18-30(24-38(28)63-8-2)50-52-32-22-36-34(42(26-32)67(6,60)61)12-10-14-40(36)65(4,56)57/h9-18,21-26H,7-8,19-20H2,1-6H3,(H,46,47,48,53). The van der Waals surface area contributed by atoms with Crippen molar-refractivity contribution in [2.24, 2.45) is 20.5 Å². The second-order valence-electron chi connectivity index (χ2n) is 15.4. The zero-order valence-electron chi connectivity index (χ0n) is 36.9. The van der Waals surface area contributed by atoms with Gasteiger partial charge in [0.25, 0.3) is 0 Å². The van der Waals surface area contributed by atoms with Crippen molar-refractivity contribution in [1.29, 1.82) is 0 Å². The van der Waals surface area contributed by atoms with Gasteiger partial charge in [-0.05, 0) is 62.4 Å². The molecule has 0 saturated carbocycles. The number of ether oxygens (including phenoxy) is 2. The first-order valence-corrected chi connectivity index (χ1v) is 27.8. The first kappa shape index (κ1) is 48.2. The molecule has 0 bridgehead atoms. The lowest BCUT2D eigenvalue weighted by Gasteiger charge is -2.12. The number of sulfone groups is 4. The third kappa shape index (κ3) is 11.3. The molecule has 348 valence electrons. The van der Waals surface area contributed by atoms with Crippen LogP contribution in [0.5, 0.6) is 11.5 Å². The average molecular weight is 986 g/mol. The number of aromatic nitrogens is 3. The van der Waals surface area contributed by atoms with Crippen molar-refractivity contribution in [3.8, 4) is 11.5 Å². The number of H-pyrrole nitrogens is 1. The molecule has 0 spiro atoms. The molecule has 0 saturated heterocycles. The Labute approximate surface area is 386 Å². The van der Waals surface area contributed by atoms with Gasteiger partial charge < -0.3 is 9.47 Å². The van der Waals surface area contributed by atoms with Gasteiger partial charge >= 0.3 is 5.69 Å². The van der Waals surface area contributed by atoms with Crippen LogP contribution >= 0.6 is 0 Å². The largest absolute Gasteiger partial charge is 0.494 e. The predicted molar refractivity (Wildman–Crippen MR) is 252 cm³/mol. The molecule has 0 radical (unpaired) electrons. The maximum Gasteiger partial charge on any atom is 0.348 e. The summed E-state index contributed by atoms with van der Waals surface area (Å²) in [6.07, 6.45) is 4.33. The average Bonchev–Trinajstić information content (AvgIpc) is 3.24. The Morgan fingerprint density at radius 2 is 0.896 bits per heavy atom. The Morgan fingerprint density at radius 1 is 0.478 bits per heavy atom. The lowest BCUT2D eigenvalue weighted by molar-refractivity contribution is 0.337. The summed E-state index contributed by atoms with van der Waals surface area (Å²) in [6, 6.07) is 24.4. The van der Waals surface area contributed by atoms with E-state index in [2.05, 4.69) is 35.4 Å². The monoisotopic (exact) mass is 985 g/mol. The number of hydrogen-bond acceptors (Lipinski definition) is 17. The summed E-state index contributed by atoms with van der Waals surface area (Å²) in [5.41, 5.74) is 1.51. The van der Waals surface area contributed by atoms with Gasteiger partial charge in [-0.15, -0.1) is 0 Å². The fraction of sp³-hybridized carbons (Fsp3) is 0.222. The number of rotatable bonds is 16. The van der Waals surface area contributed by atoms with Gasteiger partial charge in [0.1, 0.15) is 23.1 Å². The summed E-state index contributed by atoms with van der Waals surface area (Å²) in [4.78, 5) is 24.0. The smallest absolute Gasteiger partial charge is 0.348 e. The second kappa shape index (κ2) is 18.9. The lowest BCUT2D eigenvalue weighted by atomic mass is 10.1. The molecule has 18 nitrogen and oxygen atoms in total. The molecule has 6 aromatic carbocycles. The van der Waals surface area contributed by atoms with Crippen LogP contribution in [-0.4, -0.2) is 86.9 Å². The number of hydrogen-bond donors (Lipinski definition) is 1. The number of nitrogens with one attached hydrogen (secondary N) is 1. The Balaban J connectivity index is 1.15. The van der Waals surface area contributed by atoms with Gasteiger partial charge in [0.05, 0.1) is 55.5 Å². The number of aromatic amines is 1. The minimum absolute atomic E-state index is 0.0470. The molecule has 1 N–H and O–H groups in total. The maximum atomic E-state index is 12.9. The molecular weight excluding hydrogens is 943 g/mol. The molecule has 0 amide bonds. The third-order valence-electron chi connectivity index (χ3n) is 10.1. The minimum atomic E-state index is -3.80. The van der Waals surface area contributed by atoms with Crippen molar-refractivity contribution in [1.82, 2.24) is 15.0 Å². The highest BCUT2D eigenvalue weighted by atomic mass is 32.2. The van der Waals surface area contributed by atoms with Crippen LogP contribution in [0.1, 0.15) is 36.6 Å². The number of nitrogens with zero attached hydrogens (tertiary/aromatic N) is 6. The highest BCUT2D eigenvalue weighted by Crippen LogP contribution is 2.37. The van der Waals surface area contributed by atoms with Crippen molar-refractivity contribution in [2.45, 2.75) is 46.3 Å². The van der Waals surface area contributed by atoms with Crippen LogP contribution in [0.15, 0.2) is 142 Å². The molecule has 0 fully saturated rings. The summed E-state index contributed by atoms with van der Waals surface area (Å²) in [5.74, 6) is 1.27. The third-order valence-corrected chi connectivity index (χ3v) is 14.7. The molecule has 0 aliphatic heterocycles. The summed E-state index contributed by atoms with van der Waals surface area (Å²) in [5, 5.41) is 18.0. The molecular formula is C45H43N7O11S4. The fourth-order valence-electron chi connectivity index (χ4n) is 7.30. The summed E-state index contributed by atoms with van der Waals surface area (Å²) in [6.45, 7) is 4.13. The van der Waals surface area contributed by atoms with Gasteiger partial charge in [-0.25, -0.2) is 43.4 Å². The number of azo groups is 2. The lowest BCUT2D eigenvalue weighted by Crippen LogP contribution is -2.19. The number of fused-ring (bicyclic) bond motifs is 2. The summed E-state index contributed by atoms with van der Waals surface area (Å²) in [7, 11) is -15.0. The Morgan fingerprint density at radius 3 is 1.31 bits per heavy atom. The molecule has 0 aliphatic rings. The molecule has 22 heteroatoms. The van der Waals surface area contributed by atoms with Crippen molar-refractivity contribution < 1.29 is 43.1 Å². The van der Waals surface area contributed by atoms with Gasteiger partial charge in [-0.2, -0.15) is 25.4 Å². The summed E-state index contributed by atoms with van der Waals surface area (Å²) >= 11 is 0. The molecule has 67 heavy (non-hydrogen) atoms. The van der Waals surface area contributed by atoms with Gasteiger partial charge in [-0.1, -0.05) is 36.4 Å². The van der Waals surface area contributed by atoms with E-state index < -0.39 is 45.0 Å². The van der Waals surface area contributed by atoms with Crippen molar-refractivity contribution >= 4 is 83.6 Å². The van der Waals surface area contributed by atoms with Gasteiger partial charge in [-0.3, -0.25) is 4.98 Å². The van der Waals surface area contributed by atoms with E-state index in [1.54, 1.807) is 50.2 Å². The van der Waals surface area contributed by atoms with Crippen LogP contribution in [0.4, 0.5) is 22.7 Å². The Kier molecular flexibility index (Phi) is 13.6. The van der Waals surface area contributed by atoms with Crippen LogP contribution in [0.3, 0.4) is 0 Å². The Hall–Kier alpha value is -6.75. The molecule has 1 heterocycles. The van der Waals surface area contributed by atoms with Crippen LogP contribution in [0.2, 0.25) is 0 Å². The SMILES string of the molecule is CCOc1cc(N=Nc2cc(S(C)(=O)=O)c3cccc(S(C)(=O)=O)c3c2)ccc1Cc1nc(Cc2ccc(N=Nc3cc(S(C)(=O)=O)c4cccc(S(C)(=O)=O)c4c3)cc2OCC)[nH]c(=O)n1. The first-order chi connectivity index (χ1) is 31.5.